The van der Waals surface area contributed by atoms with E-state index in [1.54, 1.807) is 23.1 Å². The number of benzene rings is 1. The fourth-order valence-electron chi connectivity index (χ4n) is 4.12. The molecule has 0 amide bonds. The first kappa shape index (κ1) is 19.8. The van der Waals surface area contributed by atoms with Crippen molar-refractivity contribution in [2.75, 3.05) is 11.6 Å². The van der Waals surface area contributed by atoms with Crippen LogP contribution < -0.4 is 5.32 Å². The molecule has 2 atom stereocenters. The predicted octanol–water partition coefficient (Wildman–Crippen LogP) is 4.67. The van der Waals surface area contributed by atoms with Crippen LogP contribution in [-0.4, -0.2) is 43.0 Å². The Balaban J connectivity index is 1.35. The summed E-state index contributed by atoms with van der Waals surface area (Å²) in [6.07, 6.45) is 9.78. The number of pyridine rings is 1. The molecular formula is C22H25N5OS2. The zero-order valence-corrected chi connectivity index (χ0v) is 18.5. The number of hydrogen-bond acceptors (Lipinski definition) is 7. The highest BCUT2D eigenvalue weighted by atomic mass is 32.2. The van der Waals surface area contributed by atoms with E-state index in [0.717, 1.165) is 64.5 Å². The summed E-state index contributed by atoms with van der Waals surface area (Å²) in [4.78, 5) is 13.9. The van der Waals surface area contributed by atoms with Crippen LogP contribution in [0.5, 0.6) is 0 Å². The molecule has 1 saturated carbocycles. The third-order valence-corrected chi connectivity index (χ3v) is 7.24. The van der Waals surface area contributed by atoms with E-state index in [4.69, 9.17) is 4.98 Å². The van der Waals surface area contributed by atoms with Gasteiger partial charge in [0.1, 0.15) is 5.52 Å². The molecule has 0 saturated heterocycles. The van der Waals surface area contributed by atoms with Gasteiger partial charge in [0.25, 0.3) is 0 Å². The second kappa shape index (κ2) is 8.53. The second-order valence-corrected chi connectivity index (χ2v) is 9.81. The number of aromatic nitrogens is 4. The SMILES string of the molecule is CSCc1cnc2c(c1)ncn2Cc1ccc2nc(N[C@@H]3CCCC[C@H]3O)sc2c1. The number of hydrogen-bond donors (Lipinski definition) is 2. The lowest BCUT2D eigenvalue weighted by molar-refractivity contribution is 0.116. The van der Waals surface area contributed by atoms with E-state index in [0.29, 0.717) is 0 Å². The predicted molar refractivity (Wildman–Crippen MR) is 125 cm³/mol. The van der Waals surface area contributed by atoms with Crippen LogP contribution in [0.3, 0.4) is 0 Å². The maximum Gasteiger partial charge on any atom is 0.184 e. The molecule has 8 heteroatoms. The third kappa shape index (κ3) is 4.04. The molecule has 0 spiro atoms. The van der Waals surface area contributed by atoms with Crippen molar-refractivity contribution in [2.45, 2.75) is 50.1 Å². The molecule has 30 heavy (non-hydrogen) atoms. The summed E-state index contributed by atoms with van der Waals surface area (Å²) < 4.78 is 3.25. The molecule has 1 aliphatic carbocycles. The van der Waals surface area contributed by atoms with Gasteiger partial charge >= 0.3 is 0 Å². The van der Waals surface area contributed by atoms with Gasteiger partial charge < -0.3 is 15.0 Å². The Hall–Kier alpha value is -2.16. The molecule has 1 aromatic carbocycles. The van der Waals surface area contributed by atoms with E-state index in [1.165, 1.54) is 11.1 Å². The van der Waals surface area contributed by atoms with Crippen LogP contribution in [0, 0.1) is 0 Å². The highest BCUT2D eigenvalue weighted by Gasteiger charge is 2.23. The van der Waals surface area contributed by atoms with Crippen molar-refractivity contribution in [3.05, 3.63) is 47.9 Å². The minimum absolute atomic E-state index is 0.109. The number of fused-ring (bicyclic) bond motifs is 2. The van der Waals surface area contributed by atoms with Gasteiger partial charge in [0, 0.05) is 11.9 Å². The minimum atomic E-state index is -0.278. The van der Waals surface area contributed by atoms with Crippen LogP contribution in [0.2, 0.25) is 0 Å². The Morgan fingerprint density at radius 2 is 2.07 bits per heavy atom. The van der Waals surface area contributed by atoms with Crippen molar-refractivity contribution in [3.63, 3.8) is 0 Å². The smallest absolute Gasteiger partial charge is 0.184 e. The van der Waals surface area contributed by atoms with Crippen LogP contribution in [0.4, 0.5) is 5.13 Å². The Labute approximate surface area is 183 Å². The molecule has 3 heterocycles. The van der Waals surface area contributed by atoms with E-state index >= 15 is 0 Å². The molecule has 3 aromatic heterocycles. The molecule has 4 aromatic rings. The maximum atomic E-state index is 10.2. The first-order chi connectivity index (χ1) is 14.7. The van der Waals surface area contributed by atoms with E-state index in [9.17, 15) is 5.11 Å². The average Bonchev–Trinajstić information content (AvgIpc) is 3.33. The molecule has 5 rings (SSSR count). The summed E-state index contributed by atoms with van der Waals surface area (Å²) in [5.41, 5.74) is 5.25. The van der Waals surface area contributed by atoms with Crippen molar-refractivity contribution in [1.82, 2.24) is 19.5 Å². The fraction of sp³-hybridized carbons (Fsp3) is 0.409. The second-order valence-electron chi connectivity index (χ2n) is 7.92. The number of nitrogens with zero attached hydrogens (tertiary/aromatic N) is 4. The van der Waals surface area contributed by atoms with Gasteiger partial charge in [0.2, 0.25) is 0 Å². The van der Waals surface area contributed by atoms with Crippen LogP contribution in [0.15, 0.2) is 36.8 Å². The van der Waals surface area contributed by atoms with Crippen molar-refractivity contribution < 1.29 is 5.11 Å². The van der Waals surface area contributed by atoms with Gasteiger partial charge in [-0.1, -0.05) is 30.2 Å². The Kier molecular flexibility index (Phi) is 5.62. The molecule has 0 radical (unpaired) electrons. The summed E-state index contributed by atoms with van der Waals surface area (Å²) >= 11 is 3.44. The summed E-state index contributed by atoms with van der Waals surface area (Å²) in [6, 6.07) is 8.63. The zero-order chi connectivity index (χ0) is 20.5. The van der Waals surface area contributed by atoms with E-state index < -0.39 is 0 Å². The normalized spacial score (nSPS) is 19.5. The number of anilines is 1. The number of rotatable bonds is 6. The summed E-state index contributed by atoms with van der Waals surface area (Å²) in [6.45, 7) is 0.726. The highest BCUT2D eigenvalue weighted by molar-refractivity contribution is 7.97. The van der Waals surface area contributed by atoms with Crippen molar-refractivity contribution >= 4 is 49.6 Å². The molecule has 0 aliphatic heterocycles. The van der Waals surface area contributed by atoms with E-state index in [-0.39, 0.29) is 12.1 Å². The van der Waals surface area contributed by atoms with Gasteiger partial charge in [-0.05, 0) is 48.4 Å². The largest absolute Gasteiger partial charge is 0.391 e. The van der Waals surface area contributed by atoms with Gasteiger partial charge in [-0.2, -0.15) is 11.8 Å². The number of thioether (sulfide) groups is 1. The number of imidazole rings is 1. The summed E-state index contributed by atoms with van der Waals surface area (Å²) in [5.74, 6) is 0.950. The molecule has 1 fully saturated rings. The van der Waals surface area contributed by atoms with Gasteiger partial charge in [0.15, 0.2) is 10.8 Å². The number of nitrogens with one attached hydrogen (secondary N) is 1. The summed E-state index contributed by atoms with van der Waals surface area (Å²) in [5, 5.41) is 14.6. The van der Waals surface area contributed by atoms with Crippen LogP contribution in [0.25, 0.3) is 21.4 Å². The zero-order valence-electron chi connectivity index (χ0n) is 16.9. The van der Waals surface area contributed by atoms with Gasteiger partial charge in [-0.15, -0.1) is 0 Å². The quantitative estimate of drug-likeness (QED) is 0.455. The van der Waals surface area contributed by atoms with Crippen LogP contribution in [0.1, 0.15) is 36.8 Å². The van der Waals surface area contributed by atoms with E-state index in [2.05, 4.69) is 50.4 Å². The van der Waals surface area contributed by atoms with Crippen molar-refractivity contribution in [3.8, 4) is 0 Å². The Bertz CT molecular complexity index is 1170. The lowest BCUT2D eigenvalue weighted by Crippen LogP contribution is -2.36. The number of thiazole rings is 1. The van der Waals surface area contributed by atoms with Gasteiger partial charge in [-0.25, -0.2) is 15.0 Å². The standard InChI is InChI=1S/C22H25N5OS2/c1-29-12-15-8-18-21(23-10-15)27(13-24-18)11-14-6-7-17-20(9-14)30-22(26-17)25-16-4-2-3-5-19(16)28/h6-10,13,16,19,28H,2-5,11-12H2,1H3,(H,25,26)/t16-,19-/m1/s1. The number of aliphatic hydroxyl groups is 1. The van der Waals surface area contributed by atoms with E-state index in [1.807, 2.05) is 12.5 Å². The molecule has 156 valence electrons. The lowest BCUT2D eigenvalue weighted by atomic mass is 9.93. The molecule has 1 aliphatic rings. The van der Waals surface area contributed by atoms with Gasteiger partial charge in [0.05, 0.1) is 35.2 Å². The Morgan fingerprint density at radius 3 is 2.93 bits per heavy atom. The first-order valence-corrected chi connectivity index (χ1v) is 12.5. The topological polar surface area (TPSA) is 75.9 Å². The molecule has 0 unspecified atom stereocenters. The first-order valence-electron chi connectivity index (χ1n) is 10.3. The summed E-state index contributed by atoms with van der Waals surface area (Å²) in [7, 11) is 0. The highest BCUT2D eigenvalue weighted by Crippen LogP contribution is 2.30. The number of aliphatic hydroxyl groups excluding tert-OH is 1. The molecule has 0 bridgehead atoms. The lowest BCUT2D eigenvalue weighted by Gasteiger charge is -2.27. The van der Waals surface area contributed by atoms with Crippen LogP contribution >= 0.6 is 23.1 Å². The average molecular weight is 440 g/mol. The minimum Gasteiger partial charge on any atom is -0.391 e. The monoisotopic (exact) mass is 439 g/mol. The van der Waals surface area contributed by atoms with Crippen molar-refractivity contribution in [2.24, 2.45) is 0 Å². The van der Waals surface area contributed by atoms with Crippen molar-refractivity contribution in [1.29, 1.82) is 0 Å². The Morgan fingerprint density at radius 1 is 1.17 bits per heavy atom. The van der Waals surface area contributed by atoms with Crippen LogP contribution in [-0.2, 0) is 12.3 Å². The maximum absolute atomic E-state index is 10.2. The third-order valence-electron chi connectivity index (χ3n) is 5.67. The fourth-order valence-corrected chi connectivity index (χ4v) is 5.60. The molecule has 6 nitrogen and oxygen atoms in total. The molecule has 2 N–H and O–H groups in total. The molecular weight excluding hydrogens is 414 g/mol. The van der Waals surface area contributed by atoms with Gasteiger partial charge in [-0.3, -0.25) is 0 Å².